The molecule has 1 aliphatic carbocycles. The van der Waals surface area contributed by atoms with Gasteiger partial charge in [-0.05, 0) is 92.8 Å². The van der Waals surface area contributed by atoms with E-state index in [1.807, 2.05) is 11.0 Å². The highest BCUT2D eigenvalue weighted by Gasteiger charge is 2.28. The van der Waals surface area contributed by atoms with E-state index >= 15 is 0 Å². The van der Waals surface area contributed by atoms with Gasteiger partial charge in [0.1, 0.15) is 0 Å². The van der Waals surface area contributed by atoms with Crippen molar-refractivity contribution in [3.05, 3.63) is 58.1 Å². The number of thiazole rings is 1. The summed E-state index contributed by atoms with van der Waals surface area (Å²) in [7, 11) is 0. The molecule has 5 rings (SSSR count). The van der Waals surface area contributed by atoms with E-state index < -0.39 is 0 Å². The largest absolute Gasteiger partial charge is 0.376 e. The van der Waals surface area contributed by atoms with Crippen molar-refractivity contribution < 1.29 is 9.53 Å². The second-order valence-corrected chi connectivity index (χ2v) is 9.68. The average Bonchev–Trinajstić information content (AvgIpc) is 3.41. The minimum absolute atomic E-state index is 0.0345. The van der Waals surface area contributed by atoms with Gasteiger partial charge in [0, 0.05) is 12.2 Å². The van der Waals surface area contributed by atoms with Crippen LogP contribution in [0.5, 0.6) is 0 Å². The molecule has 0 N–H and O–H groups in total. The topological polar surface area (TPSA) is 42.4 Å². The fourth-order valence-corrected chi connectivity index (χ4v) is 5.89. The Bertz CT molecular complexity index is 1100. The number of benzene rings is 2. The summed E-state index contributed by atoms with van der Waals surface area (Å²) < 4.78 is 7.02. The molecule has 2 aliphatic rings. The summed E-state index contributed by atoms with van der Waals surface area (Å²) in [6.45, 7) is 5.54. The molecule has 3 aromatic rings. The summed E-state index contributed by atoms with van der Waals surface area (Å²) >= 11 is 1.61. The van der Waals surface area contributed by atoms with Gasteiger partial charge in [-0.2, -0.15) is 0 Å². The van der Waals surface area contributed by atoms with Crippen LogP contribution in [0.3, 0.4) is 0 Å². The molecule has 0 radical (unpaired) electrons. The normalized spacial score (nSPS) is 18.5. The summed E-state index contributed by atoms with van der Waals surface area (Å²) in [5.74, 6) is 0.0345. The third-order valence-electron chi connectivity index (χ3n) is 6.30. The number of fused-ring (bicyclic) bond motifs is 2. The van der Waals surface area contributed by atoms with Crippen LogP contribution in [0.2, 0.25) is 0 Å². The van der Waals surface area contributed by atoms with E-state index in [2.05, 4.69) is 38.1 Å². The first-order valence-electron chi connectivity index (χ1n) is 11.0. The number of nitrogens with zero attached hydrogens (tertiary/aromatic N) is 2. The lowest BCUT2D eigenvalue weighted by atomic mass is 9.90. The quantitative estimate of drug-likeness (QED) is 0.550. The first-order valence-corrected chi connectivity index (χ1v) is 11.8. The van der Waals surface area contributed by atoms with Crippen LogP contribution >= 0.6 is 11.3 Å². The molecule has 1 aromatic heterocycles. The fourth-order valence-electron chi connectivity index (χ4n) is 4.74. The molecular weight excluding hydrogens is 392 g/mol. The van der Waals surface area contributed by atoms with Crippen molar-refractivity contribution in [2.24, 2.45) is 0 Å². The van der Waals surface area contributed by atoms with Gasteiger partial charge in [0.25, 0.3) is 5.91 Å². The molecule has 0 saturated carbocycles. The maximum Gasteiger partial charge on any atom is 0.260 e. The smallest absolute Gasteiger partial charge is 0.260 e. The summed E-state index contributed by atoms with van der Waals surface area (Å²) in [6, 6.07) is 10.6. The van der Waals surface area contributed by atoms with Gasteiger partial charge in [0.05, 0.1) is 22.9 Å². The van der Waals surface area contributed by atoms with Crippen LogP contribution < -0.4 is 4.90 Å². The maximum absolute atomic E-state index is 13.7. The minimum atomic E-state index is 0.0345. The molecule has 1 amide bonds. The first-order chi connectivity index (χ1) is 14.6. The van der Waals surface area contributed by atoms with Crippen molar-refractivity contribution in [3.63, 3.8) is 0 Å². The molecule has 1 unspecified atom stereocenters. The lowest BCUT2D eigenvalue weighted by Crippen LogP contribution is -2.37. The number of ether oxygens (including phenoxy) is 1. The monoisotopic (exact) mass is 420 g/mol. The summed E-state index contributed by atoms with van der Waals surface area (Å²) in [5, 5.41) is 0.775. The van der Waals surface area contributed by atoms with Gasteiger partial charge >= 0.3 is 0 Å². The Morgan fingerprint density at radius 3 is 2.77 bits per heavy atom. The molecule has 156 valence electrons. The van der Waals surface area contributed by atoms with E-state index in [-0.39, 0.29) is 12.0 Å². The average molecular weight is 421 g/mol. The summed E-state index contributed by atoms with van der Waals surface area (Å²) in [4.78, 5) is 20.4. The van der Waals surface area contributed by atoms with Crippen LogP contribution in [-0.2, 0) is 17.6 Å². The van der Waals surface area contributed by atoms with Gasteiger partial charge < -0.3 is 4.74 Å². The van der Waals surface area contributed by atoms with Crippen LogP contribution in [0, 0.1) is 13.8 Å². The van der Waals surface area contributed by atoms with Crippen molar-refractivity contribution in [1.82, 2.24) is 4.98 Å². The lowest BCUT2D eigenvalue weighted by molar-refractivity contribution is 0.0917. The third-order valence-corrected chi connectivity index (χ3v) is 7.33. The number of anilines is 1. The Morgan fingerprint density at radius 1 is 1.13 bits per heavy atom. The van der Waals surface area contributed by atoms with Crippen molar-refractivity contribution in [3.8, 4) is 0 Å². The standard InChI is InChI=1S/C25H28N2O2S/c1-16-12-17(2)23-22(13-16)30-25(26-23)27(15-21-8-5-11-29-21)24(28)20-10-9-18-6-3-4-7-19(18)14-20/h9-10,12-14,21H,3-8,11,15H2,1-2H3. The Hall–Kier alpha value is -2.24. The Kier molecular flexibility index (Phi) is 5.34. The molecule has 5 heteroatoms. The zero-order valence-electron chi connectivity index (χ0n) is 17.7. The van der Waals surface area contributed by atoms with Crippen LogP contribution in [0.15, 0.2) is 30.3 Å². The zero-order chi connectivity index (χ0) is 20.7. The number of hydrogen-bond acceptors (Lipinski definition) is 4. The molecule has 2 aromatic carbocycles. The Morgan fingerprint density at radius 2 is 1.97 bits per heavy atom. The van der Waals surface area contributed by atoms with Crippen molar-refractivity contribution >= 4 is 32.6 Å². The minimum Gasteiger partial charge on any atom is -0.376 e. The van der Waals surface area contributed by atoms with Gasteiger partial charge in [-0.3, -0.25) is 9.69 Å². The number of hydrogen-bond donors (Lipinski definition) is 0. The van der Waals surface area contributed by atoms with Gasteiger partial charge in [-0.1, -0.05) is 23.5 Å². The zero-order valence-corrected chi connectivity index (χ0v) is 18.6. The van der Waals surface area contributed by atoms with Gasteiger partial charge in [0.15, 0.2) is 5.13 Å². The van der Waals surface area contributed by atoms with Crippen LogP contribution in [-0.4, -0.2) is 30.1 Å². The van der Waals surface area contributed by atoms with Gasteiger partial charge in [0.2, 0.25) is 0 Å². The summed E-state index contributed by atoms with van der Waals surface area (Å²) in [6.07, 6.45) is 6.79. The van der Waals surface area contributed by atoms with E-state index in [1.54, 1.807) is 11.3 Å². The molecule has 1 saturated heterocycles. The van der Waals surface area contributed by atoms with Crippen LogP contribution in [0.25, 0.3) is 10.2 Å². The van der Waals surface area contributed by atoms with Crippen LogP contribution in [0.1, 0.15) is 58.3 Å². The molecule has 1 fully saturated rings. The fraction of sp³-hybridized carbons (Fsp3) is 0.440. The predicted octanol–water partition coefficient (Wildman–Crippen LogP) is 5.62. The molecular formula is C25H28N2O2S. The number of carbonyl (C=O) groups is 1. The van der Waals surface area contributed by atoms with E-state index in [0.717, 1.165) is 58.8 Å². The third kappa shape index (κ3) is 3.77. The first kappa shape index (κ1) is 19.7. The van der Waals surface area contributed by atoms with Crippen molar-refractivity contribution in [1.29, 1.82) is 0 Å². The Balaban J connectivity index is 1.53. The van der Waals surface area contributed by atoms with E-state index in [1.165, 1.54) is 29.5 Å². The van der Waals surface area contributed by atoms with Crippen LogP contribution in [0.4, 0.5) is 5.13 Å². The molecule has 1 aliphatic heterocycles. The van der Waals surface area contributed by atoms with Crippen molar-refractivity contribution in [2.75, 3.05) is 18.1 Å². The summed E-state index contributed by atoms with van der Waals surface area (Å²) in [5.41, 5.74) is 6.87. The number of rotatable bonds is 4. The number of aryl methyl sites for hydroxylation is 4. The second-order valence-electron chi connectivity index (χ2n) is 8.67. The predicted molar refractivity (Wildman–Crippen MR) is 123 cm³/mol. The van der Waals surface area contributed by atoms with Gasteiger partial charge in [-0.25, -0.2) is 4.98 Å². The van der Waals surface area contributed by atoms with E-state index in [4.69, 9.17) is 9.72 Å². The second kappa shape index (κ2) is 8.12. The number of aromatic nitrogens is 1. The molecule has 30 heavy (non-hydrogen) atoms. The van der Waals surface area contributed by atoms with Gasteiger partial charge in [-0.15, -0.1) is 0 Å². The van der Waals surface area contributed by atoms with Crippen molar-refractivity contribution in [2.45, 2.75) is 58.5 Å². The number of carbonyl (C=O) groups excluding carboxylic acids is 1. The SMILES string of the molecule is Cc1cc(C)c2nc(N(CC3CCCO3)C(=O)c3ccc4c(c3)CCCC4)sc2c1. The molecule has 2 heterocycles. The van der Waals surface area contributed by atoms with E-state index in [9.17, 15) is 4.79 Å². The molecule has 0 spiro atoms. The highest BCUT2D eigenvalue weighted by molar-refractivity contribution is 7.22. The molecule has 4 nitrogen and oxygen atoms in total. The lowest BCUT2D eigenvalue weighted by Gasteiger charge is -2.24. The number of amides is 1. The molecule has 1 atom stereocenters. The Labute approximate surface area is 181 Å². The molecule has 0 bridgehead atoms. The van der Waals surface area contributed by atoms with E-state index in [0.29, 0.717) is 6.54 Å². The maximum atomic E-state index is 13.7. The highest BCUT2D eigenvalue weighted by atomic mass is 32.1. The highest BCUT2D eigenvalue weighted by Crippen LogP contribution is 2.33.